The van der Waals surface area contributed by atoms with Crippen LogP contribution in [0.25, 0.3) is 10.9 Å². The Morgan fingerprint density at radius 3 is 3.07 bits per heavy atom. The first kappa shape index (κ1) is 10.1. The van der Waals surface area contributed by atoms with Crippen LogP contribution in [-0.4, -0.2) is 18.1 Å². The van der Waals surface area contributed by atoms with Crippen molar-refractivity contribution in [3.8, 4) is 0 Å². The van der Waals surface area contributed by atoms with Crippen LogP contribution in [0.2, 0.25) is 5.02 Å². The van der Waals surface area contributed by atoms with Crippen LogP contribution < -0.4 is 0 Å². The van der Waals surface area contributed by atoms with Crippen LogP contribution in [0.1, 0.15) is 5.69 Å². The number of nitrogens with one attached hydrogen (secondary N) is 1. The molecule has 1 aromatic carbocycles. The third kappa shape index (κ3) is 2.13. The number of para-hydroxylation sites is 1. The number of benzene rings is 1. The first-order valence-electron chi connectivity index (χ1n) is 4.62. The highest BCUT2D eigenvalue weighted by molar-refractivity contribution is 6.35. The van der Waals surface area contributed by atoms with Crippen LogP contribution >= 0.6 is 11.6 Å². The molecule has 0 bridgehead atoms. The number of hydrogen-bond acceptors (Lipinski definition) is 2. The van der Waals surface area contributed by atoms with Gasteiger partial charge in [-0.2, -0.15) is 0 Å². The Hall–Kier alpha value is -1.48. The summed E-state index contributed by atoms with van der Waals surface area (Å²) in [5, 5.41) is 1.78. The summed E-state index contributed by atoms with van der Waals surface area (Å²) in [5.74, 6) is 0. The van der Waals surface area contributed by atoms with Gasteiger partial charge in [-0.15, -0.1) is 0 Å². The highest BCUT2D eigenvalue weighted by Gasteiger charge is 2.03. The minimum atomic E-state index is 0.383. The largest absolute Gasteiger partial charge is 0.467 e. The fourth-order valence-corrected chi connectivity index (χ4v) is 1.76. The molecule has 0 aliphatic carbocycles. The second-order valence-electron chi connectivity index (χ2n) is 3.22. The van der Waals surface area contributed by atoms with Crippen molar-refractivity contribution in [2.24, 2.45) is 0 Å². The molecular weight excluding hydrogens is 214 g/mol. The quantitative estimate of drug-likeness (QED) is 0.639. The zero-order chi connectivity index (χ0) is 10.7. The van der Waals surface area contributed by atoms with E-state index in [2.05, 4.69) is 9.72 Å². The minimum absolute atomic E-state index is 0.383. The molecule has 1 N–H and O–H groups in total. The molecule has 0 spiro atoms. The van der Waals surface area contributed by atoms with Crippen molar-refractivity contribution < 1.29 is 9.53 Å². The number of ether oxygens (including phenoxy) is 1. The van der Waals surface area contributed by atoms with Gasteiger partial charge in [0.1, 0.15) is 0 Å². The fraction of sp³-hybridized carbons (Fsp3) is 0.182. The van der Waals surface area contributed by atoms with Gasteiger partial charge in [0, 0.05) is 17.5 Å². The van der Waals surface area contributed by atoms with Gasteiger partial charge in [0.05, 0.1) is 17.1 Å². The van der Waals surface area contributed by atoms with Gasteiger partial charge in [-0.3, -0.25) is 4.79 Å². The topological polar surface area (TPSA) is 42.1 Å². The summed E-state index contributed by atoms with van der Waals surface area (Å²) in [7, 11) is 0. The molecule has 15 heavy (non-hydrogen) atoms. The van der Waals surface area contributed by atoms with Crippen LogP contribution in [0, 0.1) is 0 Å². The Morgan fingerprint density at radius 2 is 2.33 bits per heavy atom. The highest BCUT2D eigenvalue weighted by atomic mass is 35.5. The number of hydrogen-bond donors (Lipinski definition) is 1. The van der Waals surface area contributed by atoms with E-state index in [-0.39, 0.29) is 0 Å². The molecule has 0 fully saturated rings. The van der Waals surface area contributed by atoms with Gasteiger partial charge in [0.25, 0.3) is 6.47 Å². The summed E-state index contributed by atoms with van der Waals surface area (Å²) in [4.78, 5) is 13.2. The average Bonchev–Trinajstić information content (AvgIpc) is 2.63. The number of aromatic nitrogens is 1. The lowest BCUT2D eigenvalue weighted by atomic mass is 10.2. The van der Waals surface area contributed by atoms with E-state index >= 15 is 0 Å². The van der Waals surface area contributed by atoms with Gasteiger partial charge >= 0.3 is 0 Å². The molecule has 0 saturated heterocycles. The summed E-state index contributed by atoms with van der Waals surface area (Å²) >= 11 is 6.01. The fourth-order valence-electron chi connectivity index (χ4n) is 1.53. The Kier molecular flexibility index (Phi) is 2.92. The van der Waals surface area contributed by atoms with Crippen molar-refractivity contribution in [2.75, 3.05) is 6.61 Å². The predicted octanol–water partition coefficient (Wildman–Crippen LogP) is 2.54. The van der Waals surface area contributed by atoms with Gasteiger partial charge in [0.15, 0.2) is 0 Å². The molecule has 0 atom stereocenters. The Morgan fingerprint density at radius 1 is 1.47 bits per heavy atom. The summed E-state index contributed by atoms with van der Waals surface area (Å²) in [6, 6.07) is 7.74. The summed E-state index contributed by atoms with van der Waals surface area (Å²) < 4.78 is 4.63. The molecule has 4 heteroatoms. The molecule has 0 amide bonds. The van der Waals surface area contributed by atoms with Crippen molar-refractivity contribution in [2.45, 2.75) is 6.42 Å². The Labute approximate surface area is 92.0 Å². The standard InChI is InChI=1S/C11H10ClNO2/c12-10-3-1-2-8-6-9(13-11(8)10)4-5-15-7-14/h1-3,6-7,13H,4-5H2. The Balaban J connectivity index is 2.23. The monoisotopic (exact) mass is 223 g/mol. The van der Waals surface area contributed by atoms with Gasteiger partial charge in [0.2, 0.25) is 0 Å². The van der Waals surface area contributed by atoms with E-state index in [1.165, 1.54) is 0 Å². The van der Waals surface area contributed by atoms with Gasteiger partial charge in [-0.05, 0) is 12.1 Å². The maximum Gasteiger partial charge on any atom is 0.293 e. The molecule has 3 nitrogen and oxygen atoms in total. The lowest BCUT2D eigenvalue weighted by molar-refractivity contribution is -0.128. The van der Waals surface area contributed by atoms with Crippen molar-refractivity contribution in [3.05, 3.63) is 35.0 Å². The van der Waals surface area contributed by atoms with E-state index in [9.17, 15) is 4.79 Å². The number of aromatic amines is 1. The van der Waals surface area contributed by atoms with Crippen molar-refractivity contribution in [1.82, 2.24) is 4.98 Å². The zero-order valence-electron chi connectivity index (χ0n) is 8.00. The maximum absolute atomic E-state index is 9.97. The van der Waals surface area contributed by atoms with Crippen LogP contribution in [0.3, 0.4) is 0 Å². The van der Waals surface area contributed by atoms with E-state index in [0.717, 1.165) is 16.6 Å². The summed E-state index contributed by atoms with van der Waals surface area (Å²) in [6.07, 6.45) is 0.670. The summed E-state index contributed by atoms with van der Waals surface area (Å²) in [6.45, 7) is 0.837. The second kappa shape index (κ2) is 4.36. The van der Waals surface area contributed by atoms with Gasteiger partial charge in [-0.25, -0.2) is 0 Å². The lowest BCUT2D eigenvalue weighted by Crippen LogP contribution is -1.96. The molecule has 0 aliphatic rings. The molecule has 1 aromatic heterocycles. The average molecular weight is 224 g/mol. The van der Waals surface area contributed by atoms with E-state index in [4.69, 9.17) is 11.6 Å². The molecule has 78 valence electrons. The smallest absolute Gasteiger partial charge is 0.293 e. The Bertz CT molecular complexity index is 478. The highest BCUT2D eigenvalue weighted by Crippen LogP contribution is 2.23. The first-order chi connectivity index (χ1) is 7.31. The minimum Gasteiger partial charge on any atom is -0.467 e. The number of halogens is 1. The number of carbonyl (C=O) groups is 1. The number of H-pyrrole nitrogens is 1. The molecule has 2 aromatic rings. The van der Waals surface area contributed by atoms with Crippen LogP contribution in [0.4, 0.5) is 0 Å². The van der Waals surface area contributed by atoms with Crippen molar-refractivity contribution in [3.63, 3.8) is 0 Å². The first-order valence-corrected chi connectivity index (χ1v) is 5.00. The lowest BCUT2D eigenvalue weighted by Gasteiger charge is -1.95. The second-order valence-corrected chi connectivity index (χ2v) is 3.62. The maximum atomic E-state index is 9.97. The predicted molar refractivity (Wildman–Crippen MR) is 59.0 cm³/mol. The molecule has 1 heterocycles. The molecule has 0 radical (unpaired) electrons. The third-order valence-corrected chi connectivity index (χ3v) is 2.53. The number of rotatable bonds is 4. The van der Waals surface area contributed by atoms with Crippen LogP contribution in [-0.2, 0) is 16.0 Å². The molecular formula is C11H10ClNO2. The van der Waals surface area contributed by atoms with E-state index in [0.29, 0.717) is 24.5 Å². The van der Waals surface area contributed by atoms with Crippen molar-refractivity contribution >= 4 is 29.0 Å². The third-order valence-electron chi connectivity index (χ3n) is 2.22. The van der Waals surface area contributed by atoms with Crippen LogP contribution in [0.5, 0.6) is 0 Å². The van der Waals surface area contributed by atoms with E-state index < -0.39 is 0 Å². The SMILES string of the molecule is O=COCCc1cc2cccc(Cl)c2[nH]1. The van der Waals surface area contributed by atoms with Gasteiger partial charge < -0.3 is 9.72 Å². The van der Waals surface area contributed by atoms with E-state index in [1.54, 1.807) is 0 Å². The number of fused-ring (bicyclic) bond motifs is 1. The molecule has 0 aliphatic heterocycles. The van der Waals surface area contributed by atoms with Crippen molar-refractivity contribution in [1.29, 1.82) is 0 Å². The summed E-state index contributed by atoms with van der Waals surface area (Å²) in [5.41, 5.74) is 1.94. The molecule has 2 rings (SSSR count). The molecule has 0 unspecified atom stereocenters. The zero-order valence-corrected chi connectivity index (χ0v) is 8.75. The van der Waals surface area contributed by atoms with Gasteiger partial charge in [-0.1, -0.05) is 23.7 Å². The molecule has 0 saturated carbocycles. The number of carbonyl (C=O) groups excluding carboxylic acids is 1. The van der Waals surface area contributed by atoms with Crippen LogP contribution in [0.15, 0.2) is 24.3 Å². The normalized spacial score (nSPS) is 10.5. The van der Waals surface area contributed by atoms with E-state index in [1.807, 2.05) is 24.3 Å².